The van der Waals surface area contributed by atoms with Gasteiger partial charge in [0.1, 0.15) is 18.6 Å². The summed E-state index contributed by atoms with van der Waals surface area (Å²) in [6.07, 6.45) is 7.15. The third-order valence-corrected chi connectivity index (χ3v) is 11.1. The van der Waals surface area contributed by atoms with Gasteiger partial charge in [0.05, 0.1) is 10.9 Å². The molecule has 7 nitrogen and oxygen atoms in total. The van der Waals surface area contributed by atoms with E-state index in [9.17, 15) is 18.3 Å². The van der Waals surface area contributed by atoms with Gasteiger partial charge in [-0.1, -0.05) is 36.7 Å². The minimum absolute atomic E-state index is 0.0370. The smallest absolute Gasteiger partial charge is 0.216 e. The summed E-state index contributed by atoms with van der Waals surface area (Å²) in [6, 6.07) is 11.2. The minimum Gasteiger partial charge on any atom is -0.487 e. The fourth-order valence-corrected chi connectivity index (χ4v) is 7.50. The molecule has 0 spiro atoms. The molecule has 0 radical (unpaired) electrons. The molecular formula is C31H39ClN2O5S. The molecule has 3 aliphatic rings. The maximum atomic E-state index is 13.1. The highest BCUT2D eigenvalue weighted by atomic mass is 35.5. The first kappa shape index (κ1) is 29.1. The third-order valence-electron chi connectivity index (χ3n) is 8.91. The zero-order chi connectivity index (χ0) is 28.4. The van der Waals surface area contributed by atoms with E-state index < -0.39 is 21.5 Å². The Morgan fingerprint density at radius 2 is 1.90 bits per heavy atom. The Hall–Kier alpha value is -2.39. The standard InChI is InChI=1S/C31H39ClN2O5S/c1-20-6-5-8-29(35)27-13-10-24(27)18-34-15-4-3-7-22-16-26(32)12-9-25(22)19-39-30-14-11-23(17-28(30)34)31(36)33-40(37,38)21(20)2/h5,8-9,11-12,14,16-17,20-21,24,27,31,33,36H,3-4,6-7,10,13,15,18-19H2,1-2H3/b8-5+/t20-,21+,24-,27+,31?/m0/s1. The normalized spacial score (nSPS) is 30.1. The van der Waals surface area contributed by atoms with Crippen molar-refractivity contribution in [1.29, 1.82) is 0 Å². The number of rotatable bonds is 0. The van der Waals surface area contributed by atoms with E-state index in [1.165, 1.54) is 5.56 Å². The molecule has 216 valence electrons. The lowest BCUT2D eigenvalue weighted by molar-refractivity contribution is -0.122. The number of aliphatic hydroxyl groups is 1. The van der Waals surface area contributed by atoms with Crippen LogP contribution in [0.15, 0.2) is 48.6 Å². The zero-order valence-corrected chi connectivity index (χ0v) is 24.8. The van der Waals surface area contributed by atoms with Crippen molar-refractivity contribution in [2.75, 3.05) is 18.0 Å². The summed E-state index contributed by atoms with van der Waals surface area (Å²) < 4.78 is 35.1. The molecule has 1 saturated carbocycles. The first-order valence-electron chi connectivity index (χ1n) is 14.3. The summed E-state index contributed by atoms with van der Waals surface area (Å²) in [5, 5.41) is 11.0. The van der Waals surface area contributed by atoms with Gasteiger partial charge in [-0.25, -0.2) is 8.42 Å². The number of aliphatic hydroxyl groups excluding tert-OH is 1. The Morgan fingerprint density at radius 3 is 2.67 bits per heavy atom. The molecule has 9 heteroatoms. The molecule has 2 aromatic rings. The number of fused-ring (bicyclic) bond motifs is 3. The number of halogens is 1. The molecule has 5 rings (SSSR count). The molecule has 1 aliphatic carbocycles. The number of ether oxygens (including phenoxy) is 1. The van der Waals surface area contributed by atoms with Crippen LogP contribution in [-0.4, -0.2) is 37.6 Å². The molecular weight excluding hydrogens is 548 g/mol. The molecule has 2 aromatic carbocycles. The van der Waals surface area contributed by atoms with Gasteiger partial charge < -0.3 is 14.7 Å². The number of anilines is 1. The number of nitrogens with zero attached hydrogens (tertiary/aromatic N) is 1. The van der Waals surface area contributed by atoms with Crippen molar-refractivity contribution in [3.05, 3.63) is 70.3 Å². The van der Waals surface area contributed by atoms with Crippen LogP contribution in [0.3, 0.4) is 0 Å². The van der Waals surface area contributed by atoms with Crippen LogP contribution < -0.4 is 14.4 Å². The van der Waals surface area contributed by atoms with Gasteiger partial charge in [0.15, 0.2) is 5.78 Å². The van der Waals surface area contributed by atoms with Gasteiger partial charge >= 0.3 is 0 Å². The van der Waals surface area contributed by atoms with Gasteiger partial charge in [-0.3, -0.25) is 4.79 Å². The highest BCUT2D eigenvalue weighted by molar-refractivity contribution is 7.90. The van der Waals surface area contributed by atoms with Crippen LogP contribution >= 0.6 is 11.6 Å². The van der Waals surface area contributed by atoms with E-state index in [1.54, 1.807) is 19.1 Å². The summed E-state index contributed by atoms with van der Waals surface area (Å²) in [5.41, 5.74) is 3.50. The third kappa shape index (κ3) is 6.40. The van der Waals surface area contributed by atoms with E-state index in [-0.39, 0.29) is 23.5 Å². The van der Waals surface area contributed by atoms with Gasteiger partial charge in [-0.05, 0) is 104 Å². The Kier molecular flexibility index (Phi) is 8.90. The first-order chi connectivity index (χ1) is 19.1. The van der Waals surface area contributed by atoms with E-state index in [4.69, 9.17) is 16.3 Å². The molecule has 1 unspecified atom stereocenters. The molecule has 2 aliphatic heterocycles. The van der Waals surface area contributed by atoms with Gasteiger partial charge in [-0.15, -0.1) is 0 Å². The van der Waals surface area contributed by atoms with Crippen molar-refractivity contribution in [3.8, 4) is 5.75 Å². The van der Waals surface area contributed by atoms with Gasteiger partial charge in [0, 0.05) is 24.0 Å². The molecule has 1 fully saturated rings. The Labute approximate surface area is 242 Å². The van der Waals surface area contributed by atoms with E-state index in [1.807, 2.05) is 43.3 Å². The number of hydrogen-bond acceptors (Lipinski definition) is 6. The molecule has 0 aromatic heterocycles. The summed E-state index contributed by atoms with van der Waals surface area (Å²) in [5.74, 6) is 0.738. The maximum absolute atomic E-state index is 13.1. The van der Waals surface area contributed by atoms with Crippen molar-refractivity contribution in [1.82, 2.24) is 4.72 Å². The van der Waals surface area contributed by atoms with Crippen molar-refractivity contribution < 1.29 is 23.1 Å². The van der Waals surface area contributed by atoms with Crippen LogP contribution in [0.2, 0.25) is 5.02 Å². The van der Waals surface area contributed by atoms with Crippen LogP contribution in [0.4, 0.5) is 5.69 Å². The zero-order valence-electron chi connectivity index (χ0n) is 23.2. The summed E-state index contributed by atoms with van der Waals surface area (Å²) >= 11 is 6.29. The summed E-state index contributed by atoms with van der Waals surface area (Å²) in [7, 11) is -3.83. The summed E-state index contributed by atoms with van der Waals surface area (Å²) in [6.45, 7) is 5.29. The Bertz CT molecular complexity index is 1380. The van der Waals surface area contributed by atoms with Crippen LogP contribution in [0.1, 0.15) is 68.9 Å². The Morgan fingerprint density at radius 1 is 1.07 bits per heavy atom. The van der Waals surface area contributed by atoms with Crippen molar-refractivity contribution in [3.63, 3.8) is 0 Å². The average Bonchev–Trinajstić information content (AvgIpc) is 2.92. The van der Waals surface area contributed by atoms with Crippen LogP contribution in [0.5, 0.6) is 5.75 Å². The number of allylic oxidation sites excluding steroid dienone is 2. The molecule has 2 bridgehead atoms. The van der Waals surface area contributed by atoms with Crippen LogP contribution in [0, 0.1) is 17.8 Å². The predicted molar refractivity (Wildman–Crippen MR) is 158 cm³/mol. The van der Waals surface area contributed by atoms with Crippen molar-refractivity contribution in [2.24, 2.45) is 17.8 Å². The number of benzene rings is 2. The van der Waals surface area contributed by atoms with E-state index in [2.05, 4.69) is 9.62 Å². The average molecular weight is 587 g/mol. The Balaban J connectivity index is 1.54. The number of sulfonamides is 1. The van der Waals surface area contributed by atoms with Gasteiger partial charge in [0.2, 0.25) is 10.0 Å². The number of nitrogens with one attached hydrogen (secondary N) is 1. The lowest BCUT2D eigenvalue weighted by Gasteiger charge is -2.40. The minimum atomic E-state index is -3.83. The van der Waals surface area contributed by atoms with E-state index >= 15 is 0 Å². The van der Waals surface area contributed by atoms with Gasteiger partial charge in [-0.2, -0.15) is 4.72 Å². The lowest BCUT2D eigenvalue weighted by atomic mass is 9.71. The summed E-state index contributed by atoms with van der Waals surface area (Å²) in [4.78, 5) is 15.4. The fraction of sp³-hybridized carbons (Fsp3) is 0.516. The number of carbonyl (C=O) groups excluding carboxylic acids is 1. The molecule has 0 saturated heterocycles. The van der Waals surface area contributed by atoms with Crippen LogP contribution in [-0.2, 0) is 27.8 Å². The molecule has 2 N–H and O–H groups in total. The second-order valence-corrected chi connectivity index (χ2v) is 14.1. The van der Waals surface area contributed by atoms with Gasteiger partial charge in [0.25, 0.3) is 0 Å². The van der Waals surface area contributed by atoms with E-state index in [0.29, 0.717) is 35.9 Å². The number of hydrogen-bond donors (Lipinski definition) is 2. The number of carbonyl (C=O) groups is 1. The fourth-order valence-electron chi connectivity index (χ4n) is 5.92. The highest BCUT2D eigenvalue weighted by Crippen LogP contribution is 2.40. The van der Waals surface area contributed by atoms with Crippen LogP contribution in [0.25, 0.3) is 0 Å². The molecule has 5 atom stereocenters. The monoisotopic (exact) mass is 586 g/mol. The van der Waals surface area contributed by atoms with E-state index in [0.717, 1.165) is 49.9 Å². The molecule has 2 heterocycles. The number of ketones is 1. The molecule has 40 heavy (non-hydrogen) atoms. The highest BCUT2D eigenvalue weighted by Gasteiger charge is 2.37. The van der Waals surface area contributed by atoms with Crippen molar-refractivity contribution >= 4 is 33.1 Å². The quantitative estimate of drug-likeness (QED) is 0.420. The second-order valence-electron chi connectivity index (χ2n) is 11.6. The predicted octanol–water partition coefficient (Wildman–Crippen LogP) is 5.55. The SMILES string of the molecule is C[C@@H]1[C@@H](C)C/C=C/C(=O)[C@@H]2CC[C@H]2CN2CCCCc3cc(Cl)ccc3COc3ccc(cc32)C(O)NS1(=O)=O. The number of aryl methyl sites for hydroxylation is 1. The topological polar surface area (TPSA) is 95.9 Å². The molecule has 0 amide bonds. The lowest BCUT2D eigenvalue weighted by Crippen LogP contribution is -2.42. The first-order valence-corrected chi connectivity index (χ1v) is 16.2. The maximum Gasteiger partial charge on any atom is 0.216 e. The second kappa shape index (κ2) is 12.2. The van der Waals surface area contributed by atoms with Crippen molar-refractivity contribution in [2.45, 2.75) is 70.5 Å². The largest absolute Gasteiger partial charge is 0.487 e.